The maximum Gasteiger partial charge on any atom is 0.408 e. The zero-order valence-electron chi connectivity index (χ0n) is 9.79. The van der Waals surface area contributed by atoms with Crippen LogP contribution in [0.3, 0.4) is 0 Å². The van der Waals surface area contributed by atoms with E-state index < -0.39 is 34.0 Å². The minimum absolute atomic E-state index is 0.336. The second-order valence-electron chi connectivity index (χ2n) is 5.03. The first-order chi connectivity index (χ1) is 7.53. The average molecular weight is 284 g/mol. The van der Waals surface area contributed by atoms with Crippen molar-refractivity contribution < 1.29 is 19.4 Å². The molecule has 0 aromatic rings. The smallest absolute Gasteiger partial charge is 0.408 e. The molecule has 1 saturated carbocycles. The largest absolute Gasteiger partial charge is 0.480 e. The van der Waals surface area contributed by atoms with Crippen molar-refractivity contribution in [2.75, 3.05) is 0 Å². The summed E-state index contributed by atoms with van der Waals surface area (Å²) in [5.74, 6) is -1.67. The first kappa shape index (κ1) is 14.4. The predicted molar refractivity (Wildman–Crippen MR) is 63.3 cm³/mol. The molecule has 1 rings (SSSR count). The highest BCUT2D eigenvalue weighted by molar-refractivity contribution is 6.51. The molecule has 1 aliphatic carbocycles. The number of carboxylic acids is 1. The van der Waals surface area contributed by atoms with Gasteiger partial charge in [-0.1, -0.05) is 0 Å². The van der Waals surface area contributed by atoms with Gasteiger partial charge in [0.1, 0.15) is 16.0 Å². The summed E-state index contributed by atoms with van der Waals surface area (Å²) in [6.07, 6.45) is -0.455. The topological polar surface area (TPSA) is 75.6 Å². The molecule has 0 radical (unpaired) electrons. The molecular weight excluding hydrogens is 269 g/mol. The molecule has 1 aliphatic rings. The Morgan fingerprint density at radius 3 is 2.24 bits per heavy atom. The maximum absolute atomic E-state index is 11.4. The van der Waals surface area contributed by atoms with Crippen molar-refractivity contribution in [1.82, 2.24) is 5.32 Å². The summed E-state index contributed by atoms with van der Waals surface area (Å²) in [7, 11) is 0. The van der Waals surface area contributed by atoms with Crippen molar-refractivity contribution >= 4 is 35.3 Å². The van der Waals surface area contributed by atoms with Crippen molar-refractivity contribution in [2.24, 2.45) is 5.92 Å². The number of alkyl carbamates (subject to hydrolysis) is 1. The first-order valence-electron chi connectivity index (χ1n) is 5.13. The molecule has 1 fully saturated rings. The van der Waals surface area contributed by atoms with Gasteiger partial charge >= 0.3 is 12.1 Å². The average Bonchev–Trinajstić information content (AvgIpc) is 2.66. The second-order valence-corrected chi connectivity index (χ2v) is 6.58. The van der Waals surface area contributed by atoms with E-state index in [0.717, 1.165) is 0 Å². The Bertz CT molecular complexity index is 338. The third kappa shape index (κ3) is 4.24. The summed E-state index contributed by atoms with van der Waals surface area (Å²) in [6, 6.07) is -1.13. The monoisotopic (exact) mass is 283 g/mol. The van der Waals surface area contributed by atoms with Gasteiger partial charge in [-0.15, -0.1) is 23.2 Å². The van der Waals surface area contributed by atoms with Crippen LogP contribution in [0.25, 0.3) is 0 Å². The fourth-order valence-electron chi connectivity index (χ4n) is 1.36. The van der Waals surface area contributed by atoms with Gasteiger partial charge in [0.2, 0.25) is 0 Å². The van der Waals surface area contributed by atoms with Gasteiger partial charge in [-0.3, -0.25) is 0 Å². The minimum atomic E-state index is -1.18. The van der Waals surface area contributed by atoms with E-state index in [9.17, 15) is 9.59 Å². The molecule has 7 heteroatoms. The standard InChI is InChI=1S/C10H15Cl2NO4/c1-9(2,3)17-8(16)13-6(7(14)15)5-4-10(5,11)12/h5-6H,4H2,1-3H3,(H,13,16)(H,14,15). The number of hydrogen-bond acceptors (Lipinski definition) is 3. The van der Waals surface area contributed by atoms with Gasteiger partial charge in [-0.05, 0) is 27.2 Å². The number of nitrogens with one attached hydrogen (secondary N) is 1. The molecule has 2 unspecified atom stereocenters. The fourth-order valence-corrected chi connectivity index (χ4v) is 1.95. The molecular formula is C10H15Cl2NO4. The lowest BCUT2D eigenvalue weighted by Crippen LogP contribution is -2.45. The van der Waals surface area contributed by atoms with E-state index in [1.807, 2.05) is 0 Å². The van der Waals surface area contributed by atoms with Crippen molar-refractivity contribution in [2.45, 2.75) is 43.2 Å². The Balaban J connectivity index is 2.58. The number of ether oxygens (including phenoxy) is 1. The third-order valence-electron chi connectivity index (χ3n) is 2.22. The number of alkyl halides is 2. The van der Waals surface area contributed by atoms with E-state index in [4.69, 9.17) is 33.0 Å². The van der Waals surface area contributed by atoms with Gasteiger partial charge < -0.3 is 15.2 Å². The summed E-state index contributed by atoms with van der Waals surface area (Å²) in [5.41, 5.74) is -0.685. The Hall–Kier alpha value is -0.680. The van der Waals surface area contributed by atoms with Gasteiger partial charge in [-0.25, -0.2) is 9.59 Å². The molecule has 5 nitrogen and oxygen atoms in total. The zero-order chi connectivity index (χ0) is 13.4. The van der Waals surface area contributed by atoms with Crippen molar-refractivity contribution in [3.05, 3.63) is 0 Å². The lowest BCUT2D eigenvalue weighted by atomic mass is 10.2. The Morgan fingerprint density at radius 2 is 1.94 bits per heavy atom. The SMILES string of the molecule is CC(C)(C)OC(=O)NC(C(=O)O)C1CC1(Cl)Cl. The van der Waals surface area contributed by atoms with Crippen LogP contribution < -0.4 is 5.32 Å². The molecule has 0 spiro atoms. The maximum atomic E-state index is 11.4. The van der Waals surface area contributed by atoms with E-state index in [2.05, 4.69) is 5.32 Å². The van der Waals surface area contributed by atoms with Crippen LogP contribution in [-0.4, -0.2) is 33.1 Å². The summed E-state index contributed by atoms with van der Waals surface area (Å²) in [6.45, 7) is 5.06. The van der Waals surface area contributed by atoms with Gasteiger partial charge in [0.25, 0.3) is 0 Å². The Morgan fingerprint density at radius 1 is 1.47 bits per heavy atom. The molecule has 98 valence electrons. The highest BCUT2D eigenvalue weighted by Gasteiger charge is 2.58. The van der Waals surface area contributed by atoms with Crippen LogP contribution in [0.1, 0.15) is 27.2 Å². The van der Waals surface area contributed by atoms with Crippen LogP contribution >= 0.6 is 23.2 Å². The van der Waals surface area contributed by atoms with Crippen LogP contribution in [0.5, 0.6) is 0 Å². The van der Waals surface area contributed by atoms with Gasteiger partial charge in [-0.2, -0.15) is 0 Å². The number of carboxylic acid groups (broad SMARTS) is 1. The van der Waals surface area contributed by atoms with Crippen LogP contribution in [0.4, 0.5) is 4.79 Å². The number of halogens is 2. The molecule has 0 aromatic heterocycles. The molecule has 0 saturated heterocycles. The Labute approximate surface area is 109 Å². The van der Waals surface area contributed by atoms with E-state index in [0.29, 0.717) is 6.42 Å². The van der Waals surface area contributed by atoms with Crippen LogP contribution in [-0.2, 0) is 9.53 Å². The van der Waals surface area contributed by atoms with E-state index in [1.165, 1.54) is 0 Å². The molecule has 0 aromatic carbocycles. The number of hydrogen-bond donors (Lipinski definition) is 2. The van der Waals surface area contributed by atoms with Crippen LogP contribution in [0, 0.1) is 5.92 Å². The van der Waals surface area contributed by atoms with Crippen molar-refractivity contribution in [1.29, 1.82) is 0 Å². The second kappa shape index (κ2) is 4.53. The van der Waals surface area contributed by atoms with E-state index in [-0.39, 0.29) is 0 Å². The first-order valence-corrected chi connectivity index (χ1v) is 5.89. The lowest BCUT2D eigenvalue weighted by molar-refractivity contribution is -0.140. The van der Waals surface area contributed by atoms with Crippen LogP contribution in [0.2, 0.25) is 0 Å². The number of carbonyl (C=O) groups is 2. The van der Waals surface area contributed by atoms with Gasteiger partial charge in [0.15, 0.2) is 0 Å². The molecule has 0 aliphatic heterocycles. The van der Waals surface area contributed by atoms with Crippen molar-refractivity contribution in [3.63, 3.8) is 0 Å². The Kier molecular flexibility index (Phi) is 3.84. The third-order valence-corrected chi connectivity index (χ3v) is 3.08. The molecule has 2 N–H and O–H groups in total. The fraction of sp³-hybridized carbons (Fsp3) is 0.800. The zero-order valence-corrected chi connectivity index (χ0v) is 11.3. The number of aliphatic carboxylic acids is 1. The van der Waals surface area contributed by atoms with Gasteiger partial charge in [0.05, 0.1) is 0 Å². The molecule has 0 heterocycles. The van der Waals surface area contributed by atoms with Crippen molar-refractivity contribution in [3.8, 4) is 0 Å². The van der Waals surface area contributed by atoms with Gasteiger partial charge in [0, 0.05) is 5.92 Å². The normalized spacial score (nSPS) is 23.7. The van der Waals surface area contributed by atoms with E-state index in [1.54, 1.807) is 20.8 Å². The summed E-state index contributed by atoms with van der Waals surface area (Å²) < 4.78 is 3.89. The quantitative estimate of drug-likeness (QED) is 0.779. The highest BCUT2D eigenvalue weighted by Crippen LogP contribution is 2.54. The number of amides is 1. The summed E-state index contributed by atoms with van der Waals surface area (Å²) in [5, 5.41) is 11.2. The lowest BCUT2D eigenvalue weighted by Gasteiger charge is -2.22. The number of carbonyl (C=O) groups excluding carboxylic acids is 1. The minimum Gasteiger partial charge on any atom is -0.480 e. The summed E-state index contributed by atoms with van der Waals surface area (Å²) in [4.78, 5) is 22.4. The number of rotatable bonds is 3. The molecule has 0 bridgehead atoms. The molecule has 2 atom stereocenters. The predicted octanol–water partition coefficient (Wildman–Crippen LogP) is 2.16. The summed E-state index contributed by atoms with van der Waals surface area (Å²) >= 11 is 11.5. The molecule has 17 heavy (non-hydrogen) atoms. The highest BCUT2D eigenvalue weighted by atomic mass is 35.5. The van der Waals surface area contributed by atoms with E-state index >= 15 is 0 Å². The van der Waals surface area contributed by atoms with Crippen LogP contribution in [0.15, 0.2) is 0 Å². The molecule has 1 amide bonds.